The van der Waals surface area contributed by atoms with Crippen LogP contribution in [-0.4, -0.2) is 19.1 Å². The van der Waals surface area contributed by atoms with Gasteiger partial charge in [-0.1, -0.05) is 38.6 Å². The van der Waals surface area contributed by atoms with Crippen molar-refractivity contribution in [3.05, 3.63) is 51.0 Å². The van der Waals surface area contributed by atoms with Crippen LogP contribution >= 0.6 is 27.5 Å². The van der Waals surface area contributed by atoms with Crippen molar-refractivity contribution in [2.75, 3.05) is 0 Å². The number of fused-ring (bicyclic) bond motifs is 1. The van der Waals surface area contributed by atoms with E-state index in [9.17, 15) is 4.79 Å². The second-order valence-electron chi connectivity index (χ2n) is 3.70. The highest BCUT2D eigenvalue weighted by Gasteiger charge is 2.08. The Kier molecular flexibility index (Phi) is 2.92. The lowest BCUT2D eigenvalue weighted by atomic mass is 10.2. The van der Waals surface area contributed by atoms with Crippen LogP contribution in [0.4, 0.5) is 0 Å². The molecule has 0 atom stereocenters. The molecule has 3 aromatic rings. The summed E-state index contributed by atoms with van der Waals surface area (Å²) in [6.45, 7) is 0.459. The Morgan fingerprint density at radius 1 is 1.33 bits per heavy atom. The van der Waals surface area contributed by atoms with Gasteiger partial charge < -0.3 is 0 Å². The van der Waals surface area contributed by atoms with Crippen LogP contribution in [0.1, 0.15) is 5.56 Å². The summed E-state index contributed by atoms with van der Waals surface area (Å²) in [7, 11) is 0. The summed E-state index contributed by atoms with van der Waals surface area (Å²) in [6.07, 6.45) is 1.53. The largest absolute Gasteiger partial charge is 0.293 e. The van der Waals surface area contributed by atoms with Gasteiger partial charge in [-0.05, 0) is 11.6 Å². The average Bonchev–Trinajstić information content (AvgIpc) is 2.84. The number of benzene rings is 1. The third-order valence-corrected chi connectivity index (χ3v) is 3.96. The molecule has 0 N–H and O–H groups in total. The SMILES string of the molecule is O=c1c2nnsc2ncn1Cc1ccccc1Br. The maximum absolute atomic E-state index is 12.1. The van der Waals surface area contributed by atoms with Crippen molar-refractivity contribution in [1.82, 2.24) is 19.1 Å². The van der Waals surface area contributed by atoms with Crippen LogP contribution in [-0.2, 0) is 6.54 Å². The summed E-state index contributed by atoms with van der Waals surface area (Å²) in [4.78, 5) is 16.9. The van der Waals surface area contributed by atoms with Crippen LogP contribution in [0.25, 0.3) is 10.3 Å². The zero-order chi connectivity index (χ0) is 12.5. The summed E-state index contributed by atoms with van der Waals surface area (Å²) in [5.41, 5.74) is 1.18. The van der Waals surface area contributed by atoms with E-state index < -0.39 is 0 Å². The zero-order valence-electron chi connectivity index (χ0n) is 9.08. The van der Waals surface area contributed by atoms with Crippen LogP contribution in [0.3, 0.4) is 0 Å². The summed E-state index contributed by atoms with van der Waals surface area (Å²) in [5, 5.41) is 3.80. The average molecular weight is 323 g/mol. The maximum atomic E-state index is 12.1. The molecule has 0 saturated carbocycles. The number of aromatic nitrogens is 4. The van der Waals surface area contributed by atoms with Gasteiger partial charge in [0.2, 0.25) is 0 Å². The van der Waals surface area contributed by atoms with Crippen LogP contribution in [0.5, 0.6) is 0 Å². The molecule has 2 aromatic heterocycles. The quantitative estimate of drug-likeness (QED) is 0.724. The van der Waals surface area contributed by atoms with E-state index in [-0.39, 0.29) is 5.56 Å². The fourth-order valence-electron chi connectivity index (χ4n) is 1.64. The van der Waals surface area contributed by atoms with Gasteiger partial charge in [-0.2, -0.15) is 0 Å². The molecule has 2 heterocycles. The van der Waals surface area contributed by atoms with Crippen LogP contribution in [0.2, 0.25) is 0 Å². The minimum Gasteiger partial charge on any atom is -0.293 e. The molecule has 0 amide bonds. The molecule has 90 valence electrons. The lowest BCUT2D eigenvalue weighted by Gasteiger charge is -2.06. The fraction of sp³-hybridized carbons (Fsp3) is 0.0909. The normalized spacial score (nSPS) is 10.9. The van der Waals surface area contributed by atoms with Crippen molar-refractivity contribution >= 4 is 37.8 Å². The van der Waals surface area contributed by atoms with E-state index >= 15 is 0 Å². The first-order valence-electron chi connectivity index (χ1n) is 5.16. The molecule has 5 nitrogen and oxygen atoms in total. The van der Waals surface area contributed by atoms with Gasteiger partial charge in [0.05, 0.1) is 12.9 Å². The number of halogens is 1. The van der Waals surface area contributed by atoms with E-state index in [1.165, 1.54) is 10.9 Å². The highest BCUT2D eigenvalue weighted by atomic mass is 79.9. The molecule has 0 aliphatic heterocycles. The first-order valence-corrected chi connectivity index (χ1v) is 6.73. The molecule has 18 heavy (non-hydrogen) atoms. The van der Waals surface area contributed by atoms with Crippen LogP contribution < -0.4 is 5.56 Å². The third kappa shape index (κ3) is 1.95. The molecule has 0 saturated heterocycles. The van der Waals surface area contributed by atoms with Gasteiger partial charge in [0.25, 0.3) is 5.56 Å². The number of hydrogen-bond donors (Lipinski definition) is 0. The van der Waals surface area contributed by atoms with E-state index in [2.05, 4.69) is 30.5 Å². The monoisotopic (exact) mass is 322 g/mol. The van der Waals surface area contributed by atoms with E-state index in [1.54, 1.807) is 0 Å². The number of hydrogen-bond acceptors (Lipinski definition) is 5. The first kappa shape index (κ1) is 11.5. The van der Waals surface area contributed by atoms with Crippen molar-refractivity contribution in [3.8, 4) is 0 Å². The predicted molar refractivity (Wildman–Crippen MR) is 72.7 cm³/mol. The van der Waals surface area contributed by atoms with Crippen molar-refractivity contribution in [2.45, 2.75) is 6.54 Å². The Labute approximate surface area is 114 Å². The van der Waals surface area contributed by atoms with Gasteiger partial charge in [0.15, 0.2) is 10.3 Å². The molecule has 0 bridgehead atoms. The number of rotatable bonds is 2. The molecule has 0 fully saturated rings. The second-order valence-corrected chi connectivity index (χ2v) is 5.28. The van der Waals surface area contributed by atoms with E-state index in [4.69, 9.17) is 0 Å². The van der Waals surface area contributed by atoms with Crippen molar-refractivity contribution in [3.63, 3.8) is 0 Å². The molecular formula is C11H7BrN4OS. The molecular weight excluding hydrogens is 316 g/mol. The predicted octanol–water partition coefficient (Wildman–Crippen LogP) is 2.06. The van der Waals surface area contributed by atoms with Crippen LogP contribution in [0.15, 0.2) is 39.9 Å². The van der Waals surface area contributed by atoms with Gasteiger partial charge in [0.1, 0.15) is 0 Å². The van der Waals surface area contributed by atoms with Gasteiger partial charge in [-0.25, -0.2) is 4.98 Å². The van der Waals surface area contributed by atoms with Crippen molar-refractivity contribution in [1.29, 1.82) is 0 Å². The molecule has 7 heteroatoms. The Morgan fingerprint density at radius 2 is 2.17 bits per heavy atom. The highest BCUT2D eigenvalue weighted by Crippen LogP contribution is 2.16. The molecule has 0 radical (unpaired) electrons. The zero-order valence-corrected chi connectivity index (χ0v) is 11.5. The van der Waals surface area contributed by atoms with Gasteiger partial charge >= 0.3 is 0 Å². The molecule has 0 spiro atoms. The minimum absolute atomic E-state index is 0.162. The Bertz CT molecular complexity index is 767. The summed E-state index contributed by atoms with van der Waals surface area (Å²) in [6, 6.07) is 7.76. The van der Waals surface area contributed by atoms with E-state index in [0.717, 1.165) is 21.6 Å². The lowest BCUT2D eigenvalue weighted by Crippen LogP contribution is -2.21. The highest BCUT2D eigenvalue weighted by molar-refractivity contribution is 9.10. The van der Waals surface area contributed by atoms with E-state index in [1.807, 2.05) is 24.3 Å². The summed E-state index contributed by atoms with van der Waals surface area (Å²) < 4.78 is 6.23. The summed E-state index contributed by atoms with van der Waals surface area (Å²) >= 11 is 4.58. The topological polar surface area (TPSA) is 60.7 Å². The first-order chi connectivity index (χ1) is 8.75. The molecule has 3 rings (SSSR count). The third-order valence-electron chi connectivity index (χ3n) is 2.55. The van der Waals surface area contributed by atoms with Crippen LogP contribution in [0, 0.1) is 0 Å². The number of nitrogens with zero attached hydrogens (tertiary/aromatic N) is 4. The molecule has 0 unspecified atom stereocenters. The second kappa shape index (κ2) is 4.58. The van der Waals surface area contributed by atoms with Gasteiger partial charge in [-0.15, -0.1) is 5.10 Å². The molecule has 0 aliphatic carbocycles. The fourth-order valence-corrected chi connectivity index (χ4v) is 2.56. The smallest absolute Gasteiger partial charge is 0.283 e. The van der Waals surface area contributed by atoms with Crippen molar-refractivity contribution < 1.29 is 0 Å². The summed E-state index contributed by atoms with van der Waals surface area (Å²) in [5.74, 6) is 0. The standard InChI is InChI=1S/C11H7BrN4OS/c12-8-4-2-1-3-7(8)5-16-6-13-10-9(11(16)17)14-15-18-10/h1-4,6H,5H2. The lowest BCUT2D eigenvalue weighted by molar-refractivity contribution is 0.744. The van der Waals surface area contributed by atoms with Gasteiger partial charge in [0, 0.05) is 16.0 Å². The Hall–Kier alpha value is -1.60. The minimum atomic E-state index is -0.162. The maximum Gasteiger partial charge on any atom is 0.283 e. The van der Waals surface area contributed by atoms with Gasteiger partial charge in [-0.3, -0.25) is 9.36 Å². The van der Waals surface area contributed by atoms with Crippen molar-refractivity contribution in [2.24, 2.45) is 0 Å². The van der Waals surface area contributed by atoms with E-state index in [0.29, 0.717) is 16.9 Å². The Balaban J connectivity index is 2.08. The Morgan fingerprint density at radius 3 is 3.00 bits per heavy atom. The molecule has 1 aromatic carbocycles. The molecule has 0 aliphatic rings.